The zero-order chi connectivity index (χ0) is 16.2. The van der Waals surface area contributed by atoms with Crippen molar-refractivity contribution in [3.8, 4) is 39.7 Å². The van der Waals surface area contributed by atoms with E-state index in [1.807, 2.05) is 6.07 Å². The minimum atomic E-state index is 0.519. The first-order valence-electron chi connectivity index (χ1n) is 6.80. The van der Waals surface area contributed by atoms with Gasteiger partial charge in [-0.25, -0.2) is 0 Å². The molecule has 0 unspecified atom stereocenters. The highest BCUT2D eigenvalue weighted by molar-refractivity contribution is 5.80. The van der Waals surface area contributed by atoms with Crippen molar-refractivity contribution in [2.24, 2.45) is 0 Å². The van der Waals surface area contributed by atoms with Crippen LogP contribution in [0, 0.1) is 0 Å². The summed E-state index contributed by atoms with van der Waals surface area (Å²) in [4.78, 5) is 0. The quantitative estimate of drug-likeness (QED) is 0.716. The molecule has 0 saturated carbocycles. The zero-order valence-electron chi connectivity index (χ0n) is 12.9. The summed E-state index contributed by atoms with van der Waals surface area (Å²) in [5, 5.41) is 11.6. The number of aromatic nitrogens is 3. The lowest BCUT2D eigenvalue weighted by Gasteiger charge is -2.13. The Kier molecular flexibility index (Phi) is 4.09. The first-order valence-corrected chi connectivity index (χ1v) is 6.80. The summed E-state index contributed by atoms with van der Waals surface area (Å²) in [7, 11) is 4.69. The fourth-order valence-corrected chi connectivity index (χ4v) is 2.32. The van der Waals surface area contributed by atoms with Gasteiger partial charge in [0.05, 0.1) is 45.5 Å². The van der Waals surface area contributed by atoms with E-state index in [9.17, 15) is 0 Å². The Morgan fingerprint density at radius 2 is 1.61 bits per heavy atom. The van der Waals surface area contributed by atoms with Crippen LogP contribution >= 0.6 is 0 Å². The van der Waals surface area contributed by atoms with E-state index in [4.69, 9.17) is 18.7 Å². The van der Waals surface area contributed by atoms with Crippen molar-refractivity contribution in [1.29, 1.82) is 0 Å². The Morgan fingerprint density at radius 3 is 2.17 bits per heavy atom. The van der Waals surface area contributed by atoms with Crippen molar-refractivity contribution >= 4 is 0 Å². The first kappa shape index (κ1) is 14.8. The van der Waals surface area contributed by atoms with Gasteiger partial charge >= 0.3 is 0 Å². The molecule has 118 valence electrons. The molecule has 0 saturated heterocycles. The van der Waals surface area contributed by atoms with Gasteiger partial charge in [0.15, 0.2) is 17.3 Å². The van der Waals surface area contributed by atoms with Crippen LogP contribution in [0.3, 0.4) is 0 Å². The average Bonchev–Trinajstić information content (AvgIpc) is 3.10. The van der Waals surface area contributed by atoms with E-state index < -0.39 is 0 Å². The lowest BCUT2D eigenvalue weighted by Crippen LogP contribution is -1.95. The molecular formula is C16H15N3O4. The van der Waals surface area contributed by atoms with Crippen LogP contribution in [-0.2, 0) is 0 Å². The lowest BCUT2D eigenvalue weighted by atomic mass is 10.0. The number of methoxy groups -OCH3 is 3. The Labute approximate surface area is 132 Å². The fourth-order valence-electron chi connectivity index (χ4n) is 2.32. The molecule has 0 aliphatic carbocycles. The highest BCUT2D eigenvalue weighted by Gasteiger charge is 2.19. The SMILES string of the molecule is COc1cc(-c2oncc2-c2ccnnc2)cc(OC)c1OC. The van der Waals surface area contributed by atoms with E-state index in [2.05, 4.69) is 15.4 Å². The van der Waals surface area contributed by atoms with Crippen LogP contribution in [0.2, 0.25) is 0 Å². The third kappa shape index (κ3) is 2.68. The van der Waals surface area contributed by atoms with Crippen LogP contribution in [0.4, 0.5) is 0 Å². The Morgan fingerprint density at radius 1 is 0.870 bits per heavy atom. The third-order valence-electron chi connectivity index (χ3n) is 3.39. The van der Waals surface area contributed by atoms with E-state index >= 15 is 0 Å². The van der Waals surface area contributed by atoms with Crippen molar-refractivity contribution in [3.05, 3.63) is 36.8 Å². The highest BCUT2D eigenvalue weighted by atomic mass is 16.5. The number of hydrogen-bond acceptors (Lipinski definition) is 7. The molecule has 0 spiro atoms. The average molecular weight is 313 g/mol. The third-order valence-corrected chi connectivity index (χ3v) is 3.39. The van der Waals surface area contributed by atoms with Crippen molar-refractivity contribution in [3.63, 3.8) is 0 Å². The Bertz CT molecular complexity index is 777. The standard InChI is InChI=1S/C16H15N3O4/c1-20-13-6-11(7-14(21-2)16(13)22-3)15-12(9-19-23-15)10-4-5-17-18-8-10/h4-9H,1-3H3. The molecule has 3 aromatic rings. The number of ether oxygens (including phenoxy) is 3. The maximum Gasteiger partial charge on any atom is 0.203 e. The van der Waals surface area contributed by atoms with E-state index in [1.54, 1.807) is 52.1 Å². The molecule has 0 amide bonds. The molecule has 2 heterocycles. The van der Waals surface area contributed by atoms with E-state index in [0.717, 1.165) is 16.7 Å². The molecule has 0 radical (unpaired) electrons. The van der Waals surface area contributed by atoms with Gasteiger partial charge in [-0.05, 0) is 18.2 Å². The maximum atomic E-state index is 5.43. The normalized spacial score (nSPS) is 10.4. The molecule has 7 heteroatoms. The number of hydrogen-bond donors (Lipinski definition) is 0. The molecule has 1 aromatic carbocycles. The Hall–Kier alpha value is -3.09. The first-order chi connectivity index (χ1) is 11.3. The van der Waals surface area contributed by atoms with Crippen LogP contribution in [0.25, 0.3) is 22.5 Å². The minimum absolute atomic E-state index is 0.519. The molecule has 7 nitrogen and oxygen atoms in total. The molecule has 0 fully saturated rings. The molecule has 23 heavy (non-hydrogen) atoms. The minimum Gasteiger partial charge on any atom is -0.493 e. The summed E-state index contributed by atoms with van der Waals surface area (Å²) in [6.45, 7) is 0. The summed E-state index contributed by atoms with van der Waals surface area (Å²) >= 11 is 0. The van der Waals surface area contributed by atoms with Gasteiger partial charge in [-0.3, -0.25) is 0 Å². The van der Waals surface area contributed by atoms with Gasteiger partial charge in [0.2, 0.25) is 5.75 Å². The van der Waals surface area contributed by atoms with Gasteiger partial charge in [-0.15, -0.1) is 0 Å². The van der Waals surface area contributed by atoms with Crippen LogP contribution in [0.5, 0.6) is 17.2 Å². The second-order valence-electron chi connectivity index (χ2n) is 4.61. The largest absolute Gasteiger partial charge is 0.493 e. The second-order valence-corrected chi connectivity index (χ2v) is 4.61. The molecule has 0 aliphatic rings. The molecule has 0 atom stereocenters. The number of benzene rings is 1. The molecule has 3 rings (SSSR count). The zero-order valence-corrected chi connectivity index (χ0v) is 12.9. The van der Waals surface area contributed by atoms with Gasteiger partial charge in [0.25, 0.3) is 0 Å². The van der Waals surface area contributed by atoms with E-state index in [1.165, 1.54) is 0 Å². The van der Waals surface area contributed by atoms with Gasteiger partial charge in [0.1, 0.15) is 0 Å². The molecule has 2 aromatic heterocycles. The summed E-state index contributed by atoms with van der Waals surface area (Å²) in [6, 6.07) is 5.45. The predicted octanol–water partition coefficient (Wildman–Crippen LogP) is 2.82. The molecule has 0 aliphatic heterocycles. The van der Waals surface area contributed by atoms with E-state index in [0.29, 0.717) is 23.0 Å². The second kappa shape index (κ2) is 6.35. The maximum absolute atomic E-state index is 5.43. The van der Waals surface area contributed by atoms with Crippen molar-refractivity contribution in [2.45, 2.75) is 0 Å². The van der Waals surface area contributed by atoms with Crippen molar-refractivity contribution in [1.82, 2.24) is 15.4 Å². The van der Waals surface area contributed by atoms with Crippen molar-refractivity contribution in [2.75, 3.05) is 21.3 Å². The summed E-state index contributed by atoms with van der Waals surface area (Å²) < 4.78 is 21.5. The van der Waals surface area contributed by atoms with Gasteiger partial charge in [-0.1, -0.05) is 5.16 Å². The predicted molar refractivity (Wildman–Crippen MR) is 82.6 cm³/mol. The van der Waals surface area contributed by atoms with Gasteiger partial charge in [0, 0.05) is 11.1 Å². The molecular weight excluding hydrogens is 298 g/mol. The Balaban J connectivity index is 2.15. The fraction of sp³-hybridized carbons (Fsp3) is 0.188. The van der Waals surface area contributed by atoms with Crippen LogP contribution in [0.15, 0.2) is 41.3 Å². The van der Waals surface area contributed by atoms with Crippen LogP contribution < -0.4 is 14.2 Å². The van der Waals surface area contributed by atoms with Crippen LogP contribution in [0.1, 0.15) is 0 Å². The highest BCUT2D eigenvalue weighted by Crippen LogP contribution is 2.43. The monoisotopic (exact) mass is 313 g/mol. The summed E-state index contributed by atoms with van der Waals surface area (Å²) in [5.74, 6) is 2.18. The molecule has 0 bridgehead atoms. The van der Waals surface area contributed by atoms with Crippen molar-refractivity contribution < 1.29 is 18.7 Å². The number of rotatable bonds is 5. The van der Waals surface area contributed by atoms with Gasteiger partial charge in [-0.2, -0.15) is 10.2 Å². The van der Waals surface area contributed by atoms with E-state index in [-0.39, 0.29) is 0 Å². The summed E-state index contributed by atoms with van der Waals surface area (Å²) in [5.41, 5.74) is 2.41. The van der Waals surface area contributed by atoms with Crippen LogP contribution in [-0.4, -0.2) is 36.7 Å². The van der Waals surface area contributed by atoms with Gasteiger partial charge < -0.3 is 18.7 Å². The molecule has 0 N–H and O–H groups in total. The number of nitrogens with zero attached hydrogens (tertiary/aromatic N) is 3. The topological polar surface area (TPSA) is 79.5 Å². The summed E-state index contributed by atoms with van der Waals surface area (Å²) in [6.07, 6.45) is 4.89. The lowest BCUT2D eigenvalue weighted by molar-refractivity contribution is 0.324. The smallest absolute Gasteiger partial charge is 0.203 e.